The second kappa shape index (κ2) is 7.08. The summed E-state index contributed by atoms with van der Waals surface area (Å²) in [5, 5.41) is 5.50. The van der Waals surface area contributed by atoms with Gasteiger partial charge in [-0.2, -0.15) is 0 Å². The molecule has 0 atom stereocenters. The fourth-order valence-corrected chi connectivity index (χ4v) is 1.97. The molecule has 1 aromatic rings. The van der Waals surface area contributed by atoms with Gasteiger partial charge in [-0.3, -0.25) is 9.59 Å². The fraction of sp³-hybridized carbons (Fsp3) is 0.500. The zero-order valence-corrected chi connectivity index (χ0v) is 11.9. The number of benzene rings is 1. The van der Waals surface area contributed by atoms with Crippen molar-refractivity contribution < 1.29 is 9.59 Å². The first kappa shape index (κ1) is 14.6. The van der Waals surface area contributed by atoms with Crippen LogP contribution in [0.15, 0.2) is 24.3 Å². The van der Waals surface area contributed by atoms with Gasteiger partial charge in [0.15, 0.2) is 0 Å². The molecule has 1 saturated carbocycles. The van der Waals surface area contributed by atoms with Crippen molar-refractivity contribution in [3.05, 3.63) is 35.4 Å². The highest BCUT2D eigenvalue weighted by molar-refractivity contribution is 5.85. The van der Waals surface area contributed by atoms with Crippen molar-refractivity contribution in [2.24, 2.45) is 0 Å². The Bertz CT molecular complexity index is 464. The van der Waals surface area contributed by atoms with Crippen molar-refractivity contribution >= 4 is 11.8 Å². The monoisotopic (exact) mass is 274 g/mol. The Hall–Kier alpha value is -1.84. The first-order chi connectivity index (χ1) is 9.67. The molecule has 0 aromatic heterocycles. The van der Waals surface area contributed by atoms with Gasteiger partial charge in [0, 0.05) is 12.5 Å². The van der Waals surface area contributed by atoms with E-state index in [1.54, 1.807) is 0 Å². The van der Waals surface area contributed by atoms with Crippen molar-refractivity contribution in [1.82, 2.24) is 10.6 Å². The average Bonchev–Trinajstić information content (AvgIpc) is 3.27. The number of carbonyl (C=O) groups is 2. The number of hydrogen-bond acceptors (Lipinski definition) is 2. The molecule has 2 rings (SSSR count). The van der Waals surface area contributed by atoms with Gasteiger partial charge >= 0.3 is 0 Å². The maximum Gasteiger partial charge on any atom is 0.239 e. The van der Waals surface area contributed by atoms with Crippen LogP contribution in [0.3, 0.4) is 0 Å². The molecule has 4 heteroatoms. The highest BCUT2D eigenvalue weighted by atomic mass is 16.2. The van der Waals surface area contributed by atoms with Crippen LogP contribution in [0.4, 0.5) is 0 Å². The van der Waals surface area contributed by atoms with Crippen molar-refractivity contribution in [1.29, 1.82) is 0 Å². The van der Waals surface area contributed by atoms with Crippen LogP contribution in [0, 0.1) is 0 Å². The Kier molecular flexibility index (Phi) is 5.16. The number of carbonyl (C=O) groups excluding carboxylic acids is 2. The number of nitrogens with one attached hydrogen (secondary N) is 2. The smallest absolute Gasteiger partial charge is 0.239 e. The molecule has 20 heavy (non-hydrogen) atoms. The molecule has 4 nitrogen and oxygen atoms in total. The minimum atomic E-state index is -0.0897. The summed E-state index contributed by atoms with van der Waals surface area (Å²) in [6, 6.07) is 8.65. The maximum absolute atomic E-state index is 11.7. The molecule has 0 radical (unpaired) electrons. The Balaban J connectivity index is 1.64. The summed E-state index contributed by atoms with van der Waals surface area (Å²) in [6.45, 7) is 2.21. The average molecular weight is 274 g/mol. The lowest BCUT2D eigenvalue weighted by Crippen LogP contribution is -2.37. The van der Waals surface area contributed by atoms with Crippen molar-refractivity contribution in [3.63, 3.8) is 0 Å². The van der Waals surface area contributed by atoms with Crippen molar-refractivity contribution in [2.75, 3.05) is 6.54 Å². The Morgan fingerprint density at radius 2 is 1.75 bits per heavy atom. The van der Waals surface area contributed by atoms with E-state index in [9.17, 15) is 9.59 Å². The quantitative estimate of drug-likeness (QED) is 0.793. The maximum atomic E-state index is 11.7. The number of aryl methyl sites for hydroxylation is 2. The van der Waals surface area contributed by atoms with Gasteiger partial charge < -0.3 is 10.6 Å². The molecule has 1 fully saturated rings. The standard InChI is InChI=1S/C16H22N2O2/c1-2-12-3-5-13(6-4-12)7-10-15(19)17-11-16(20)18-14-8-9-14/h3-6,14H,2,7-11H2,1H3,(H,17,19)(H,18,20). The molecule has 0 aliphatic heterocycles. The Morgan fingerprint density at radius 3 is 2.35 bits per heavy atom. The topological polar surface area (TPSA) is 58.2 Å². The zero-order valence-electron chi connectivity index (χ0n) is 11.9. The van der Waals surface area contributed by atoms with Crippen molar-refractivity contribution in [3.8, 4) is 0 Å². The predicted molar refractivity (Wildman–Crippen MR) is 78.3 cm³/mol. The Labute approximate surface area is 119 Å². The van der Waals surface area contributed by atoms with Gasteiger partial charge in [0.25, 0.3) is 0 Å². The van der Waals surface area contributed by atoms with E-state index in [4.69, 9.17) is 0 Å². The molecule has 2 amide bonds. The van der Waals surface area contributed by atoms with E-state index in [0.717, 1.165) is 24.8 Å². The molecule has 0 bridgehead atoms. The lowest BCUT2D eigenvalue weighted by Gasteiger charge is -2.06. The number of hydrogen-bond donors (Lipinski definition) is 2. The summed E-state index contributed by atoms with van der Waals surface area (Å²) in [5.74, 6) is -0.163. The molecular weight excluding hydrogens is 252 g/mol. The van der Waals surface area contributed by atoms with Crippen LogP contribution in [0.1, 0.15) is 37.3 Å². The molecular formula is C16H22N2O2. The lowest BCUT2D eigenvalue weighted by atomic mass is 10.1. The normalized spacial score (nSPS) is 13.8. The van der Waals surface area contributed by atoms with Gasteiger partial charge in [-0.15, -0.1) is 0 Å². The third-order valence-corrected chi connectivity index (χ3v) is 3.46. The summed E-state index contributed by atoms with van der Waals surface area (Å²) < 4.78 is 0. The summed E-state index contributed by atoms with van der Waals surface area (Å²) >= 11 is 0. The van der Waals surface area contributed by atoms with Crippen LogP contribution >= 0.6 is 0 Å². The Morgan fingerprint density at radius 1 is 1.10 bits per heavy atom. The summed E-state index contributed by atoms with van der Waals surface area (Å²) in [6.07, 6.45) is 4.28. The van der Waals surface area contributed by atoms with Crippen LogP contribution in [-0.4, -0.2) is 24.4 Å². The summed E-state index contributed by atoms with van der Waals surface area (Å²) in [7, 11) is 0. The second-order valence-electron chi connectivity index (χ2n) is 5.29. The largest absolute Gasteiger partial charge is 0.352 e. The van der Waals surface area contributed by atoms with Crippen LogP contribution in [0.2, 0.25) is 0 Å². The second-order valence-corrected chi connectivity index (χ2v) is 5.29. The van der Waals surface area contributed by atoms with Gasteiger partial charge in [0.1, 0.15) is 0 Å². The molecule has 1 aliphatic carbocycles. The molecule has 0 heterocycles. The minimum absolute atomic E-state index is 0.0736. The molecule has 0 saturated heterocycles. The molecule has 0 unspecified atom stereocenters. The van der Waals surface area contributed by atoms with Gasteiger partial charge in [-0.25, -0.2) is 0 Å². The first-order valence-corrected chi connectivity index (χ1v) is 7.31. The molecule has 1 aromatic carbocycles. The first-order valence-electron chi connectivity index (χ1n) is 7.31. The van der Waals surface area contributed by atoms with E-state index in [1.807, 2.05) is 0 Å². The summed E-state index contributed by atoms with van der Waals surface area (Å²) in [4.78, 5) is 23.1. The molecule has 1 aliphatic rings. The van der Waals surface area contributed by atoms with Crippen LogP contribution in [-0.2, 0) is 22.4 Å². The van der Waals surface area contributed by atoms with Crippen LogP contribution < -0.4 is 10.6 Å². The van der Waals surface area contributed by atoms with Gasteiger partial charge in [0.05, 0.1) is 6.54 Å². The molecule has 108 valence electrons. The van der Waals surface area contributed by atoms with Gasteiger partial charge in [-0.1, -0.05) is 31.2 Å². The van der Waals surface area contributed by atoms with E-state index in [-0.39, 0.29) is 18.4 Å². The van der Waals surface area contributed by atoms with E-state index in [0.29, 0.717) is 18.9 Å². The van der Waals surface area contributed by atoms with Crippen LogP contribution in [0.25, 0.3) is 0 Å². The SMILES string of the molecule is CCc1ccc(CCC(=O)NCC(=O)NC2CC2)cc1. The molecule has 2 N–H and O–H groups in total. The number of rotatable bonds is 7. The third-order valence-electron chi connectivity index (χ3n) is 3.46. The molecule has 0 spiro atoms. The van der Waals surface area contributed by atoms with E-state index in [2.05, 4.69) is 41.8 Å². The van der Waals surface area contributed by atoms with Gasteiger partial charge in [0.2, 0.25) is 11.8 Å². The van der Waals surface area contributed by atoms with Crippen molar-refractivity contribution in [2.45, 2.75) is 45.1 Å². The van der Waals surface area contributed by atoms with Crippen LogP contribution in [0.5, 0.6) is 0 Å². The minimum Gasteiger partial charge on any atom is -0.352 e. The highest BCUT2D eigenvalue weighted by Crippen LogP contribution is 2.18. The fourth-order valence-electron chi connectivity index (χ4n) is 1.97. The van der Waals surface area contributed by atoms with E-state index < -0.39 is 0 Å². The van der Waals surface area contributed by atoms with E-state index >= 15 is 0 Å². The highest BCUT2D eigenvalue weighted by Gasteiger charge is 2.23. The van der Waals surface area contributed by atoms with Gasteiger partial charge in [-0.05, 0) is 36.8 Å². The third kappa shape index (κ3) is 5.03. The lowest BCUT2D eigenvalue weighted by molar-refractivity contribution is -0.126. The zero-order chi connectivity index (χ0) is 14.4. The summed E-state index contributed by atoms with van der Waals surface area (Å²) in [5.41, 5.74) is 2.45. The predicted octanol–water partition coefficient (Wildman–Crippen LogP) is 1.58. The van der Waals surface area contributed by atoms with E-state index in [1.165, 1.54) is 5.56 Å². The number of amides is 2.